The van der Waals surface area contributed by atoms with Crippen molar-refractivity contribution in [2.24, 2.45) is 0 Å². The van der Waals surface area contributed by atoms with E-state index in [4.69, 9.17) is 21.7 Å². The zero-order chi connectivity index (χ0) is 17.4. The first-order valence-corrected chi connectivity index (χ1v) is 9.68. The van der Waals surface area contributed by atoms with E-state index < -0.39 is 0 Å². The van der Waals surface area contributed by atoms with Crippen LogP contribution in [0, 0.1) is 0 Å². The van der Waals surface area contributed by atoms with Crippen LogP contribution >= 0.6 is 24.0 Å². The van der Waals surface area contributed by atoms with Gasteiger partial charge in [0.1, 0.15) is 16.2 Å². The largest absolute Gasteiger partial charge is 0.485 e. The summed E-state index contributed by atoms with van der Waals surface area (Å²) in [6.45, 7) is 3.32. The molecule has 0 radical (unpaired) electrons. The number of carbonyl (C=O) groups is 1. The third-order valence-electron chi connectivity index (χ3n) is 4.60. The highest BCUT2D eigenvalue weighted by molar-refractivity contribution is 8.26. The molecule has 2 saturated heterocycles. The number of hydrogen-bond donors (Lipinski definition) is 0. The van der Waals surface area contributed by atoms with Crippen LogP contribution in [0.15, 0.2) is 40.8 Å². The second-order valence-corrected chi connectivity index (χ2v) is 8.05. The zero-order valence-corrected chi connectivity index (χ0v) is 15.6. The molecule has 0 aromatic heterocycles. The third-order valence-corrected chi connectivity index (χ3v) is 5.97. The summed E-state index contributed by atoms with van der Waals surface area (Å²) in [4.78, 5) is 15.1. The summed E-state index contributed by atoms with van der Waals surface area (Å²) < 4.78 is 12.2. The Kier molecular flexibility index (Phi) is 4.67. The number of thioether (sulfide) groups is 1. The van der Waals surface area contributed by atoms with E-state index in [1.54, 1.807) is 4.90 Å². The van der Waals surface area contributed by atoms with Crippen LogP contribution in [0.4, 0.5) is 0 Å². The van der Waals surface area contributed by atoms with Gasteiger partial charge in [-0.1, -0.05) is 42.2 Å². The number of carbonyl (C=O) groups excluding carboxylic acids is 1. The van der Waals surface area contributed by atoms with Gasteiger partial charge in [-0.15, -0.1) is 0 Å². The van der Waals surface area contributed by atoms with Crippen LogP contribution in [0.5, 0.6) is 5.75 Å². The van der Waals surface area contributed by atoms with E-state index in [-0.39, 0.29) is 18.1 Å². The van der Waals surface area contributed by atoms with E-state index in [0.29, 0.717) is 15.8 Å². The van der Waals surface area contributed by atoms with Gasteiger partial charge in [0.05, 0.1) is 17.6 Å². The summed E-state index contributed by atoms with van der Waals surface area (Å²) in [6, 6.07) is 7.91. The normalized spacial score (nSPS) is 27.5. The van der Waals surface area contributed by atoms with Gasteiger partial charge in [0.25, 0.3) is 5.91 Å². The number of rotatable bonds is 3. The minimum atomic E-state index is -0.100. The number of fused-ring (bicyclic) bond motifs is 1. The lowest BCUT2D eigenvalue weighted by Gasteiger charge is -2.23. The molecule has 2 fully saturated rings. The van der Waals surface area contributed by atoms with E-state index in [0.717, 1.165) is 36.3 Å². The molecule has 0 unspecified atom stereocenters. The second-order valence-electron chi connectivity index (χ2n) is 6.37. The number of para-hydroxylation sites is 1. The highest BCUT2D eigenvalue weighted by atomic mass is 32.2. The van der Waals surface area contributed by atoms with Crippen LogP contribution in [0.25, 0.3) is 6.08 Å². The molecule has 130 valence electrons. The topological polar surface area (TPSA) is 38.8 Å². The molecule has 3 heterocycles. The van der Waals surface area contributed by atoms with Gasteiger partial charge in [0.15, 0.2) is 0 Å². The Morgan fingerprint density at radius 3 is 3.04 bits per heavy atom. The van der Waals surface area contributed by atoms with Crippen molar-refractivity contribution in [1.82, 2.24) is 4.90 Å². The van der Waals surface area contributed by atoms with E-state index in [1.165, 1.54) is 11.8 Å². The molecule has 4 nitrogen and oxygen atoms in total. The molecule has 3 aliphatic heterocycles. The summed E-state index contributed by atoms with van der Waals surface area (Å²) in [5, 5.41) is 0. The average molecular weight is 373 g/mol. The lowest BCUT2D eigenvalue weighted by atomic mass is 10.0. The Morgan fingerprint density at radius 2 is 2.24 bits per heavy atom. The Labute approximate surface area is 156 Å². The molecule has 0 saturated carbocycles. The molecular weight excluding hydrogens is 354 g/mol. The van der Waals surface area contributed by atoms with Crippen molar-refractivity contribution in [2.75, 3.05) is 13.2 Å². The van der Waals surface area contributed by atoms with Gasteiger partial charge < -0.3 is 9.47 Å². The van der Waals surface area contributed by atoms with E-state index >= 15 is 0 Å². The summed E-state index contributed by atoms with van der Waals surface area (Å²) >= 11 is 6.77. The highest BCUT2D eigenvalue weighted by Crippen LogP contribution is 2.36. The quantitative estimate of drug-likeness (QED) is 0.596. The first-order chi connectivity index (χ1) is 12.1. The van der Waals surface area contributed by atoms with Crippen LogP contribution in [-0.2, 0) is 9.53 Å². The minimum absolute atomic E-state index is 0.0301. The lowest BCUT2D eigenvalue weighted by Crippen LogP contribution is -2.35. The number of benzene rings is 1. The highest BCUT2D eigenvalue weighted by Gasteiger charge is 2.35. The van der Waals surface area contributed by atoms with Crippen molar-refractivity contribution < 1.29 is 14.3 Å². The maximum Gasteiger partial charge on any atom is 0.266 e. The number of thiocarbonyl (C=S) groups is 1. The van der Waals surface area contributed by atoms with Gasteiger partial charge in [-0.05, 0) is 43.6 Å². The summed E-state index contributed by atoms with van der Waals surface area (Å²) in [7, 11) is 0. The number of nitrogens with zero attached hydrogens (tertiary/aromatic N) is 1. The summed E-state index contributed by atoms with van der Waals surface area (Å²) in [5.41, 5.74) is 2.01. The van der Waals surface area contributed by atoms with Gasteiger partial charge >= 0.3 is 0 Å². The molecule has 0 aliphatic carbocycles. The molecule has 1 amide bonds. The summed E-state index contributed by atoms with van der Waals surface area (Å²) in [6.07, 6.45) is 6.03. The van der Waals surface area contributed by atoms with Crippen LogP contribution in [0.3, 0.4) is 0 Å². The van der Waals surface area contributed by atoms with Crippen LogP contribution < -0.4 is 4.74 Å². The van der Waals surface area contributed by atoms with Crippen molar-refractivity contribution >= 4 is 40.3 Å². The number of ether oxygens (including phenoxy) is 2. The fraction of sp³-hybridized carbons (Fsp3) is 0.368. The van der Waals surface area contributed by atoms with Gasteiger partial charge in [0.2, 0.25) is 0 Å². The van der Waals surface area contributed by atoms with Gasteiger partial charge in [0, 0.05) is 12.2 Å². The van der Waals surface area contributed by atoms with Crippen molar-refractivity contribution in [3.8, 4) is 5.75 Å². The average Bonchev–Trinajstić information content (AvgIpc) is 3.20. The molecular formula is C19H19NO3S2. The maximum atomic E-state index is 12.8. The monoisotopic (exact) mass is 373 g/mol. The summed E-state index contributed by atoms with van der Waals surface area (Å²) in [5.74, 6) is 0.843. The molecule has 1 aromatic rings. The third kappa shape index (κ3) is 3.38. The van der Waals surface area contributed by atoms with E-state index in [1.807, 2.05) is 37.3 Å². The molecule has 2 atom stereocenters. The van der Waals surface area contributed by atoms with Crippen LogP contribution in [0.1, 0.15) is 25.3 Å². The molecule has 4 rings (SSSR count). The Bertz CT molecular complexity index is 781. The predicted octanol–water partition coefficient (Wildman–Crippen LogP) is 3.77. The fourth-order valence-electron chi connectivity index (χ4n) is 3.22. The lowest BCUT2D eigenvalue weighted by molar-refractivity contribution is -0.123. The molecule has 6 heteroatoms. The zero-order valence-electron chi connectivity index (χ0n) is 13.9. The second kappa shape index (κ2) is 6.94. The Morgan fingerprint density at radius 1 is 1.40 bits per heavy atom. The first-order valence-electron chi connectivity index (χ1n) is 8.46. The fourth-order valence-corrected chi connectivity index (χ4v) is 4.50. The minimum Gasteiger partial charge on any atom is -0.485 e. The van der Waals surface area contributed by atoms with Crippen LogP contribution in [-0.4, -0.2) is 40.5 Å². The standard InChI is InChI=1S/C19H19NO3S2/c1-12-14(9-13-5-2-3-7-16(13)23-12)10-17-18(21)20(19(24)25-17)11-15-6-4-8-22-15/h2-3,5,7,9-10,12,15H,4,6,8,11H2,1H3/b17-10-/t12-,15+/m1/s1. The van der Waals surface area contributed by atoms with Crippen molar-refractivity contribution in [1.29, 1.82) is 0 Å². The first kappa shape index (κ1) is 16.8. The molecule has 0 N–H and O–H groups in total. The predicted molar refractivity (Wildman–Crippen MR) is 103 cm³/mol. The van der Waals surface area contributed by atoms with Gasteiger partial charge in [-0.3, -0.25) is 9.69 Å². The smallest absolute Gasteiger partial charge is 0.266 e. The molecule has 25 heavy (non-hydrogen) atoms. The van der Waals surface area contributed by atoms with Crippen molar-refractivity contribution in [3.63, 3.8) is 0 Å². The molecule has 3 aliphatic rings. The van der Waals surface area contributed by atoms with Gasteiger partial charge in [-0.2, -0.15) is 0 Å². The molecule has 1 aromatic carbocycles. The Hall–Kier alpha value is -1.63. The van der Waals surface area contributed by atoms with Gasteiger partial charge in [-0.25, -0.2) is 0 Å². The number of amides is 1. The molecule has 0 bridgehead atoms. The maximum absolute atomic E-state index is 12.8. The molecule has 0 spiro atoms. The van der Waals surface area contributed by atoms with E-state index in [2.05, 4.69) is 6.08 Å². The Balaban J connectivity index is 1.56. The van der Waals surface area contributed by atoms with Crippen molar-refractivity contribution in [2.45, 2.75) is 32.0 Å². The number of hydrogen-bond acceptors (Lipinski definition) is 5. The van der Waals surface area contributed by atoms with Crippen LogP contribution in [0.2, 0.25) is 0 Å². The van der Waals surface area contributed by atoms with Crippen molar-refractivity contribution in [3.05, 3.63) is 46.4 Å². The van der Waals surface area contributed by atoms with E-state index in [9.17, 15) is 4.79 Å². The SMILES string of the molecule is C[C@H]1Oc2ccccc2C=C1/C=C1\SC(=S)N(C[C@@H]2CCCO2)C1=O.